The van der Waals surface area contributed by atoms with Crippen LogP contribution in [-0.4, -0.2) is 54.5 Å². The molecular formula is C32H32N2O8. The van der Waals surface area contributed by atoms with Crippen LogP contribution < -0.4 is 39.1 Å². The lowest BCUT2D eigenvalue weighted by Gasteiger charge is -2.17. The first-order valence-electron chi connectivity index (χ1n) is 12.8. The Kier molecular flexibility index (Phi) is 9.39. The van der Waals surface area contributed by atoms with Crippen molar-refractivity contribution in [2.24, 2.45) is 0 Å². The molecule has 0 saturated carbocycles. The third-order valence-electron chi connectivity index (χ3n) is 6.54. The van der Waals surface area contributed by atoms with Crippen molar-refractivity contribution in [1.82, 2.24) is 0 Å². The normalized spacial score (nSPS) is 10.3. The zero-order chi connectivity index (χ0) is 30.2. The summed E-state index contributed by atoms with van der Waals surface area (Å²) < 4.78 is 32.6. The minimum atomic E-state index is -0.413. The number of nitrogens with one attached hydrogen (secondary N) is 2. The van der Waals surface area contributed by atoms with E-state index < -0.39 is 11.8 Å². The maximum absolute atomic E-state index is 13.2. The summed E-state index contributed by atoms with van der Waals surface area (Å²) in [5.41, 5.74) is 3.04. The molecule has 0 aliphatic heterocycles. The highest BCUT2D eigenvalue weighted by atomic mass is 16.5. The highest BCUT2D eigenvalue weighted by molar-refractivity contribution is 6.10. The summed E-state index contributed by atoms with van der Waals surface area (Å²) in [7, 11) is 8.98. The molecule has 0 spiro atoms. The average Bonchev–Trinajstić information content (AvgIpc) is 3.03. The van der Waals surface area contributed by atoms with Gasteiger partial charge in [-0.3, -0.25) is 9.59 Å². The topological polar surface area (TPSA) is 114 Å². The molecular weight excluding hydrogens is 540 g/mol. The quantitative estimate of drug-likeness (QED) is 0.228. The molecule has 4 aromatic rings. The predicted molar refractivity (Wildman–Crippen MR) is 160 cm³/mol. The van der Waals surface area contributed by atoms with E-state index in [1.54, 1.807) is 60.7 Å². The van der Waals surface area contributed by atoms with E-state index in [0.29, 0.717) is 45.9 Å². The molecule has 0 atom stereocenters. The Labute approximate surface area is 244 Å². The van der Waals surface area contributed by atoms with Gasteiger partial charge in [-0.1, -0.05) is 24.3 Å². The Balaban J connectivity index is 1.61. The van der Waals surface area contributed by atoms with Gasteiger partial charge >= 0.3 is 0 Å². The van der Waals surface area contributed by atoms with Crippen molar-refractivity contribution in [2.45, 2.75) is 0 Å². The van der Waals surface area contributed by atoms with Gasteiger partial charge < -0.3 is 39.1 Å². The number of rotatable bonds is 11. The van der Waals surface area contributed by atoms with Gasteiger partial charge in [-0.25, -0.2) is 0 Å². The number of hydrogen-bond acceptors (Lipinski definition) is 8. The molecule has 2 N–H and O–H groups in total. The molecule has 0 aromatic heterocycles. The van der Waals surface area contributed by atoms with Crippen molar-refractivity contribution in [3.8, 4) is 45.6 Å². The SMILES string of the molecule is COc1cc(-c2ccc(NC(=O)c3c(OC)cccc3OC)c(OC)c2)ccc1NC(=O)c1c(OC)cccc1OC. The highest BCUT2D eigenvalue weighted by Gasteiger charge is 2.21. The first-order chi connectivity index (χ1) is 20.4. The lowest BCUT2D eigenvalue weighted by Crippen LogP contribution is -2.15. The second kappa shape index (κ2) is 13.3. The van der Waals surface area contributed by atoms with Crippen LogP contribution >= 0.6 is 0 Å². The van der Waals surface area contributed by atoms with E-state index in [0.717, 1.165) is 11.1 Å². The van der Waals surface area contributed by atoms with Crippen LogP contribution in [0.1, 0.15) is 20.7 Å². The third kappa shape index (κ3) is 6.02. The Morgan fingerprint density at radius 2 is 0.762 bits per heavy atom. The van der Waals surface area contributed by atoms with Gasteiger partial charge in [-0.05, 0) is 59.7 Å². The second-order valence-electron chi connectivity index (χ2n) is 8.81. The monoisotopic (exact) mass is 572 g/mol. The smallest absolute Gasteiger partial charge is 0.263 e. The first-order valence-corrected chi connectivity index (χ1v) is 12.8. The van der Waals surface area contributed by atoms with E-state index in [1.807, 2.05) is 12.1 Å². The summed E-state index contributed by atoms with van der Waals surface area (Å²) in [4.78, 5) is 26.4. The lowest BCUT2D eigenvalue weighted by atomic mass is 10.0. The predicted octanol–water partition coefficient (Wildman–Crippen LogP) is 5.91. The van der Waals surface area contributed by atoms with E-state index in [-0.39, 0.29) is 11.1 Å². The van der Waals surface area contributed by atoms with Gasteiger partial charge in [0.15, 0.2) is 0 Å². The minimum absolute atomic E-state index is 0.266. The van der Waals surface area contributed by atoms with Crippen LogP contribution in [0.5, 0.6) is 34.5 Å². The fourth-order valence-corrected chi connectivity index (χ4v) is 4.47. The fraction of sp³-hybridized carbons (Fsp3) is 0.188. The Morgan fingerprint density at radius 3 is 1.05 bits per heavy atom. The molecule has 0 aliphatic carbocycles. The molecule has 218 valence electrons. The summed E-state index contributed by atoms with van der Waals surface area (Å²) in [6.07, 6.45) is 0. The van der Waals surface area contributed by atoms with Gasteiger partial charge in [0, 0.05) is 0 Å². The van der Waals surface area contributed by atoms with Crippen LogP contribution in [0.4, 0.5) is 11.4 Å². The van der Waals surface area contributed by atoms with E-state index >= 15 is 0 Å². The number of ether oxygens (including phenoxy) is 6. The van der Waals surface area contributed by atoms with E-state index in [1.165, 1.54) is 42.7 Å². The highest BCUT2D eigenvalue weighted by Crippen LogP contribution is 2.37. The Bertz CT molecular complexity index is 1440. The number of carbonyl (C=O) groups is 2. The molecule has 0 saturated heterocycles. The van der Waals surface area contributed by atoms with Crippen molar-refractivity contribution in [1.29, 1.82) is 0 Å². The zero-order valence-corrected chi connectivity index (χ0v) is 24.2. The lowest BCUT2D eigenvalue weighted by molar-refractivity contribution is 0.101. The molecule has 0 unspecified atom stereocenters. The van der Waals surface area contributed by atoms with Gasteiger partial charge in [0.25, 0.3) is 11.8 Å². The van der Waals surface area contributed by atoms with Crippen LogP contribution in [0, 0.1) is 0 Å². The number of benzene rings is 4. The molecule has 4 aromatic carbocycles. The number of methoxy groups -OCH3 is 6. The fourth-order valence-electron chi connectivity index (χ4n) is 4.47. The van der Waals surface area contributed by atoms with Crippen molar-refractivity contribution >= 4 is 23.2 Å². The minimum Gasteiger partial charge on any atom is -0.496 e. The van der Waals surface area contributed by atoms with Crippen molar-refractivity contribution < 1.29 is 38.0 Å². The molecule has 0 bridgehead atoms. The van der Waals surface area contributed by atoms with Gasteiger partial charge in [0.1, 0.15) is 45.6 Å². The Hall–Kier alpha value is -5.38. The molecule has 2 amide bonds. The maximum Gasteiger partial charge on any atom is 0.263 e. The summed E-state index contributed by atoms with van der Waals surface area (Å²) in [5, 5.41) is 5.75. The van der Waals surface area contributed by atoms with E-state index in [2.05, 4.69) is 10.6 Å². The molecule has 10 heteroatoms. The molecule has 0 heterocycles. The largest absolute Gasteiger partial charge is 0.496 e. The van der Waals surface area contributed by atoms with Crippen LogP contribution in [0.3, 0.4) is 0 Å². The molecule has 0 aliphatic rings. The van der Waals surface area contributed by atoms with Gasteiger partial charge in [-0.15, -0.1) is 0 Å². The van der Waals surface area contributed by atoms with Crippen LogP contribution in [0.2, 0.25) is 0 Å². The van der Waals surface area contributed by atoms with Crippen molar-refractivity contribution in [2.75, 3.05) is 53.3 Å². The van der Waals surface area contributed by atoms with Gasteiger partial charge in [-0.2, -0.15) is 0 Å². The van der Waals surface area contributed by atoms with Gasteiger partial charge in [0.2, 0.25) is 0 Å². The molecule has 0 radical (unpaired) electrons. The number of anilines is 2. The second-order valence-corrected chi connectivity index (χ2v) is 8.81. The van der Waals surface area contributed by atoms with E-state index in [4.69, 9.17) is 28.4 Å². The molecule has 0 fully saturated rings. The first kappa shape index (κ1) is 29.6. The molecule has 42 heavy (non-hydrogen) atoms. The Morgan fingerprint density at radius 1 is 0.452 bits per heavy atom. The number of hydrogen-bond donors (Lipinski definition) is 2. The van der Waals surface area contributed by atoms with Crippen LogP contribution in [0.15, 0.2) is 72.8 Å². The summed E-state index contributed by atoms with van der Waals surface area (Å²) in [5.74, 6) is 1.57. The third-order valence-corrected chi connectivity index (χ3v) is 6.54. The zero-order valence-electron chi connectivity index (χ0n) is 24.2. The maximum atomic E-state index is 13.2. The standard InChI is InChI=1S/C32H32N2O8/c1-37-23-9-7-10-24(38-2)29(23)31(35)33-21-15-13-19(17-27(21)41-5)20-14-16-22(28(18-20)42-6)34-32(36)30-25(39-3)11-8-12-26(30)40-4/h7-18H,1-6H3,(H,33,35)(H,34,36). The van der Waals surface area contributed by atoms with E-state index in [9.17, 15) is 9.59 Å². The van der Waals surface area contributed by atoms with Gasteiger partial charge in [0.05, 0.1) is 54.0 Å². The number of carbonyl (C=O) groups excluding carboxylic acids is 2. The summed E-state index contributed by atoms with van der Waals surface area (Å²) in [6.45, 7) is 0. The average molecular weight is 573 g/mol. The summed E-state index contributed by atoms with van der Waals surface area (Å²) in [6, 6.07) is 21.0. The number of amides is 2. The van der Waals surface area contributed by atoms with Crippen molar-refractivity contribution in [3.05, 3.63) is 83.9 Å². The molecule has 10 nitrogen and oxygen atoms in total. The van der Waals surface area contributed by atoms with Crippen LogP contribution in [0.25, 0.3) is 11.1 Å². The van der Waals surface area contributed by atoms with Crippen LogP contribution in [-0.2, 0) is 0 Å². The molecule has 4 rings (SSSR count). The van der Waals surface area contributed by atoms with Crippen molar-refractivity contribution in [3.63, 3.8) is 0 Å². The summed E-state index contributed by atoms with van der Waals surface area (Å²) >= 11 is 0.